The third-order valence-electron chi connectivity index (χ3n) is 3.01. The Bertz CT molecular complexity index is 593. The van der Waals surface area contributed by atoms with Crippen molar-refractivity contribution in [2.75, 3.05) is 5.73 Å². The highest BCUT2D eigenvalue weighted by molar-refractivity contribution is 6.33. The lowest BCUT2D eigenvalue weighted by atomic mass is 9.99. The van der Waals surface area contributed by atoms with E-state index in [0.717, 1.165) is 22.3 Å². The maximum atomic E-state index is 13.0. The van der Waals surface area contributed by atoms with Gasteiger partial charge in [-0.2, -0.15) is 0 Å². The molecule has 94 valence electrons. The van der Waals surface area contributed by atoms with E-state index in [0.29, 0.717) is 17.1 Å². The number of halogens is 2. The van der Waals surface area contributed by atoms with Crippen molar-refractivity contribution in [2.24, 2.45) is 0 Å². The number of hydrogen-bond donors (Lipinski definition) is 1. The van der Waals surface area contributed by atoms with E-state index in [-0.39, 0.29) is 5.82 Å². The van der Waals surface area contributed by atoms with Gasteiger partial charge in [-0.15, -0.1) is 0 Å². The second-order valence-electron chi connectivity index (χ2n) is 4.57. The zero-order chi connectivity index (χ0) is 13.3. The summed E-state index contributed by atoms with van der Waals surface area (Å²) >= 11 is 6.20. The molecule has 0 bridgehead atoms. The minimum Gasteiger partial charge on any atom is -0.398 e. The molecule has 0 aliphatic carbocycles. The summed E-state index contributed by atoms with van der Waals surface area (Å²) in [4.78, 5) is 0. The van der Waals surface area contributed by atoms with Crippen molar-refractivity contribution in [3.05, 3.63) is 63.4 Å². The van der Waals surface area contributed by atoms with Gasteiger partial charge in [0.2, 0.25) is 0 Å². The molecule has 1 nitrogen and oxygen atoms in total. The summed E-state index contributed by atoms with van der Waals surface area (Å²) in [5.74, 6) is -0.217. The fourth-order valence-electron chi connectivity index (χ4n) is 2.07. The van der Waals surface area contributed by atoms with Crippen LogP contribution in [0.25, 0.3) is 0 Å². The number of hydrogen-bond acceptors (Lipinski definition) is 1. The van der Waals surface area contributed by atoms with Crippen LogP contribution in [0.2, 0.25) is 5.02 Å². The average molecular weight is 264 g/mol. The first-order valence-electron chi connectivity index (χ1n) is 5.77. The van der Waals surface area contributed by atoms with E-state index >= 15 is 0 Å². The predicted octanol–water partition coefficient (Wildman–Crippen LogP) is 4.27. The van der Waals surface area contributed by atoms with Gasteiger partial charge in [0.25, 0.3) is 0 Å². The SMILES string of the molecule is Cc1cc(N)c(Cl)c(Cc2ccc(F)cc2C)c1. The summed E-state index contributed by atoms with van der Waals surface area (Å²) in [6, 6.07) is 8.65. The molecule has 0 fully saturated rings. The van der Waals surface area contributed by atoms with E-state index in [9.17, 15) is 4.39 Å². The van der Waals surface area contributed by atoms with Crippen LogP contribution in [-0.4, -0.2) is 0 Å². The molecule has 3 heteroatoms. The lowest BCUT2D eigenvalue weighted by Gasteiger charge is -2.10. The molecule has 0 atom stereocenters. The first-order chi connectivity index (χ1) is 8.47. The molecule has 0 saturated carbocycles. The van der Waals surface area contributed by atoms with E-state index in [1.807, 2.05) is 26.0 Å². The van der Waals surface area contributed by atoms with Crippen LogP contribution in [0.15, 0.2) is 30.3 Å². The van der Waals surface area contributed by atoms with Gasteiger partial charge in [-0.1, -0.05) is 23.7 Å². The molecule has 0 aliphatic heterocycles. The topological polar surface area (TPSA) is 26.0 Å². The highest BCUT2D eigenvalue weighted by Gasteiger charge is 2.08. The fourth-order valence-corrected chi connectivity index (χ4v) is 2.24. The Morgan fingerprint density at radius 2 is 1.83 bits per heavy atom. The molecular formula is C15H15ClFN. The molecule has 0 radical (unpaired) electrons. The summed E-state index contributed by atoms with van der Waals surface area (Å²) in [6.45, 7) is 3.87. The molecule has 0 aromatic heterocycles. The van der Waals surface area contributed by atoms with Crippen LogP contribution in [0.1, 0.15) is 22.3 Å². The summed E-state index contributed by atoms with van der Waals surface area (Å²) in [5.41, 5.74) is 10.5. The summed E-state index contributed by atoms with van der Waals surface area (Å²) in [7, 11) is 0. The van der Waals surface area contributed by atoms with Crippen LogP contribution in [0.4, 0.5) is 10.1 Å². The van der Waals surface area contributed by atoms with Gasteiger partial charge >= 0.3 is 0 Å². The summed E-state index contributed by atoms with van der Waals surface area (Å²) in [5, 5.41) is 0.587. The third kappa shape index (κ3) is 2.65. The number of nitrogens with two attached hydrogens (primary N) is 1. The van der Waals surface area contributed by atoms with Crippen molar-refractivity contribution < 1.29 is 4.39 Å². The first kappa shape index (κ1) is 12.9. The summed E-state index contributed by atoms with van der Waals surface area (Å²) < 4.78 is 13.0. The molecule has 2 aromatic carbocycles. The predicted molar refractivity (Wildman–Crippen MR) is 74.5 cm³/mol. The zero-order valence-electron chi connectivity index (χ0n) is 10.4. The second kappa shape index (κ2) is 4.99. The standard InChI is InChI=1S/C15H15ClFN/c1-9-5-12(15(16)14(18)6-9)8-11-3-4-13(17)7-10(11)2/h3-7H,8,18H2,1-2H3. The normalized spacial score (nSPS) is 10.7. The van der Waals surface area contributed by atoms with Gasteiger partial charge in [0, 0.05) is 0 Å². The van der Waals surface area contributed by atoms with Gasteiger partial charge in [-0.3, -0.25) is 0 Å². The third-order valence-corrected chi connectivity index (χ3v) is 3.47. The molecule has 18 heavy (non-hydrogen) atoms. The maximum Gasteiger partial charge on any atom is 0.123 e. The van der Waals surface area contributed by atoms with E-state index in [1.165, 1.54) is 12.1 Å². The molecule has 0 heterocycles. The van der Waals surface area contributed by atoms with E-state index in [1.54, 1.807) is 6.07 Å². The Morgan fingerprint density at radius 1 is 1.11 bits per heavy atom. The Kier molecular flexibility index (Phi) is 3.58. The molecule has 2 aromatic rings. The van der Waals surface area contributed by atoms with Crippen molar-refractivity contribution in [1.82, 2.24) is 0 Å². The minimum absolute atomic E-state index is 0.217. The van der Waals surface area contributed by atoms with E-state index in [2.05, 4.69) is 0 Å². The van der Waals surface area contributed by atoms with Crippen molar-refractivity contribution in [3.8, 4) is 0 Å². The molecular weight excluding hydrogens is 249 g/mol. The number of aryl methyl sites for hydroxylation is 2. The number of anilines is 1. The van der Waals surface area contributed by atoms with E-state index < -0.39 is 0 Å². The Hall–Kier alpha value is -1.54. The quantitative estimate of drug-likeness (QED) is 0.805. The first-order valence-corrected chi connectivity index (χ1v) is 6.14. The lowest BCUT2D eigenvalue weighted by Crippen LogP contribution is -1.97. The van der Waals surface area contributed by atoms with Gasteiger partial charge in [-0.05, 0) is 60.7 Å². The molecule has 2 rings (SSSR count). The smallest absolute Gasteiger partial charge is 0.123 e. The highest BCUT2D eigenvalue weighted by Crippen LogP contribution is 2.28. The Labute approximate surface area is 111 Å². The van der Waals surface area contributed by atoms with Crippen LogP contribution >= 0.6 is 11.6 Å². The monoisotopic (exact) mass is 263 g/mol. The van der Waals surface area contributed by atoms with Gasteiger partial charge < -0.3 is 5.73 Å². The summed E-state index contributed by atoms with van der Waals surface area (Å²) in [6.07, 6.45) is 0.664. The number of nitrogen functional groups attached to an aromatic ring is 1. The largest absolute Gasteiger partial charge is 0.398 e. The number of benzene rings is 2. The van der Waals surface area contributed by atoms with Crippen LogP contribution in [-0.2, 0) is 6.42 Å². The second-order valence-corrected chi connectivity index (χ2v) is 4.95. The highest BCUT2D eigenvalue weighted by atomic mass is 35.5. The van der Waals surface area contributed by atoms with Gasteiger partial charge in [0.05, 0.1) is 10.7 Å². The maximum absolute atomic E-state index is 13.0. The van der Waals surface area contributed by atoms with Gasteiger partial charge in [-0.25, -0.2) is 4.39 Å². The van der Waals surface area contributed by atoms with Crippen molar-refractivity contribution in [1.29, 1.82) is 0 Å². The molecule has 0 amide bonds. The zero-order valence-corrected chi connectivity index (χ0v) is 11.2. The lowest BCUT2D eigenvalue weighted by molar-refractivity contribution is 0.626. The van der Waals surface area contributed by atoms with Crippen LogP contribution in [0.3, 0.4) is 0 Å². The molecule has 2 N–H and O–H groups in total. The van der Waals surface area contributed by atoms with Crippen molar-refractivity contribution in [3.63, 3.8) is 0 Å². The van der Waals surface area contributed by atoms with Crippen LogP contribution in [0, 0.1) is 19.7 Å². The molecule has 0 unspecified atom stereocenters. The average Bonchev–Trinajstić information content (AvgIpc) is 2.29. The molecule has 0 saturated heterocycles. The van der Waals surface area contributed by atoms with Gasteiger partial charge in [0.15, 0.2) is 0 Å². The molecule has 0 spiro atoms. The Morgan fingerprint density at radius 3 is 2.50 bits per heavy atom. The van der Waals surface area contributed by atoms with Crippen molar-refractivity contribution >= 4 is 17.3 Å². The van der Waals surface area contributed by atoms with Gasteiger partial charge in [0.1, 0.15) is 5.82 Å². The fraction of sp³-hybridized carbons (Fsp3) is 0.200. The van der Waals surface area contributed by atoms with Crippen molar-refractivity contribution in [2.45, 2.75) is 20.3 Å². The Balaban J connectivity index is 2.40. The molecule has 0 aliphatic rings. The van der Waals surface area contributed by atoms with Crippen LogP contribution in [0.5, 0.6) is 0 Å². The van der Waals surface area contributed by atoms with E-state index in [4.69, 9.17) is 17.3 Å². The van der Waals surface area contributed by atoms with Crippen LogP contribution < -0.4 is 5.73 Å². The minimum atomic E-state index is -0.217. The number of rotatable bonds is 2.